The van der Waals surface area contributed by atoms with Gasteiger partial charge in [0.25, 0.3) is 0 Å². The van der Waals surface area contributed by atoms with E-state index in [1.54, 1.807) is 0 Å². The van der Waals surface area contributed by atoms with Crippen LogP contribution in [0.2, 0.25) is 0 Å². The van der Waals surface area contributed by atoms with Gasteiger partial charge in [-0.15, -0.1) is 6.58 Å². The highest BCUT2D eigenvalue weighted by atomic mass is 19.1. The second kappa shape index (κ2) is 12.7. The van der Waals surface area contributed by atoms with Crippen molar-refractivity contribution in [3.63, 3.8) is 0 Å². The van der Waals surface area contributed by atoms with Crippen LogP contribution in [-0.2, 0) is 25.5 Å². The lowest BCUT2D eigenvalue weighted by molar-refractivity contribution is -0.271. The summed E-state index contributed by atoms with van der Waals surface area (Å²) >= 11 is 0. The van der Waals surface area contributed by atoms with Crippen molar-refractivity contribution in [3.8, 4) is 23.0 Å². The lowest BCUT2D eigenvalue weighted by Gasteiger charge is -2.38. The first kappa shape index (κ1) is 32.2. The topological polar surface area (TPSA) is 259 Å². The van der Waals surface area contributed by atoms with Crippen LogP contribution < -0.4 is 9.47 Å². The van der Waals surface area contributed by atoms with E-state index < -0.39 is 84.9 Å². The molecule has 3 aromatic rings. The van der Waals surface area contributed by atoms with Crippen molar-refractivity contribution in [2.45, 2.75) is 67.8 Å². The highest BCUT2D eigenvalue weighted by Gasteiger charge is 2.49. The fourth-order valence-electron chi connectivity index (χ4n) is 4.86. The van der Waals surface area contributed by atoms with Gasteiger partial charge in [0.15, 0.2) is 29.4 Å². The molecular formula is C28H28FNO15. The molecule has 0 unspecified atom stereocenters. The summed E-state index contributed by atoms with van der Waals surface area (Å²) in [5, 5.41) is 78.7. The van der Waals surface area contributed by atoms with Gasteiger partial charge in [-0.2, -0.15) is 0 Å². The van der Waals surface area contributed by atoms with Crippen molar-refractivity contribution in [2.75, 3.05) is 0 Å². The lowest BCUT2D eigenvalue weighted by atomic mass is 9.99. The molecule has 0 bridgehead atoms. The Bertz CT molecular complexity index is 1600. The number of benzene rings is 2. The third kappa shape index (κ3) is 6.20. The fourth-order valence-corrected chi connectivity index (χ4v) is 4.86. The van der Waals surface area contributed by atoms with Crippen LogP contribution in [0.4, 0.5) is 4.39 Å². The van der Waals surface area contributed by atoms with Crippen LogP contribution in [0.5, 0.6) is 11.5 Å². The number of carboxylic acids is 2. The molecule has 2 saturated heterocycles. The smallest absolute Gasteiger partial charge is 0.335 e. The molecule has 1 aromatic heterocycles. The molecule has 0 saturated carbocycles. The van der Waals surface area contributed by atoms with Crippen molar-refractivity contribution in [2.24, 2.45) is 0 Å². The molecule has 16 nitrogen and oxygen atoms in total. The van der Waals surface area contributed by atoms with Crippen LogP contribution in [-0.4, -0.2) is 119 Å². The number of aliphatic hydroxyl groups excluding tert-OH is 6. The summed E-state index contributed by atoms with van der Waals surface area (Å²) in [6, 6.07) is 6.22. The van der Waals surface area contributed by atoms with E-state index in [0.29, 0.717) is 5.56 Å². The minimum Gasteiger partial charge on any atom is -0.479 e. The van der Waals surface area contributed by atoms with Crippen LogP contribution in [0.3, 0.4) is 0 Å². The van der Waals surface area contributed by atoms with Gasteiger partial charge in [0.1, 0.15) is 47.9 Å². The molecule has 2 fully saturated rings. The Kier molecular flexibility index (Phi) is 9.06. The first-order valence-electron chi connectivity index (χ1n) is 13.3. The van der Waals surface area contributed by atoms with E-state index in [2.05, 4.69) is 11.6 Å². The van der Waals surface area contributed by atoms with Gasteiger partial charge in [0, 0.05) is 17.2 Å². The number of hydrogen-bond donors (Lipinski definition) is 8. The largest absolute Gasteiger partial charge is 0.479 e. The molecule has 17 heteroatoms. The molecular weight excluding hydrogens is 609 g/mol. The van der Waals surface area contributed by atoms with Crippen molar-refractivity contribution >= 4 is 23.0 Å². The quantitative estimate of drug-likeness (QED) is 0.130. The normalized spacial score (nSPS) is 31.8. The van der Waals surface area contributed by atoms with E-state index in [4.69, 9.17) is 23.4 Å². The SMILES string of the molecule is C=CCc1cc(O[C@@H]2O[C@H](C(=O)O)[C@@H](O)[C@H](O)[C@H]2O)cc2nc(-c3ccc(O[C@@H]4O[C@H](C(=O)O)[C@@H](O)[C@H](O)[C@H]4O)c(F)c3)oc12. The number of allylic oxidation sites excluding steroid dienone is 1. The predicted molar refractivity (Wildman–Crippen MR) is 143 cm³/mol. The maximum absolute atomic E-state index is 15.1. The Morgan fingerprint density at radius 1 is 0.844 bits per heavy atom. The number of halogens is 1. The van der Waals surface area contributed by atoms with Gasteiger partial charge in [0.05, 0.1) is 0 Å². The summed E-state index contributed by atoms with van der Waals surface area (Å²) in [6.45, 7) is 3.68. The molecule has 10 atom stereocenters. The van der Waals surface area contributed by atoms with E-state index >= 15 is 4.39 Å². The molecule has 0 radical (unpaired) electrons. The maximum Gasteiger partial charge on any atom is 0.335 e. The number of carbonyl (C=O) groups is 2. The average Bonchev–Trinajstić information content (AvgIpc) is 3.43. The molecule has 0 aliphatic carbocycles. The first-order valence-corrected chi connectivity index (χ1v) is 13.3. The second-order valence-electron chi connectivity index (χ2n) is 10.3. The zero-order chi connectivity index (χ0) is 32.7. The highest BCUT2D eigenvalue weighted by molar-refractivity contribution is 5.81. The van der Waals surface area contributed by atoms with Crippen LogP contribution >= 0.6 is 0 Å². The molecule has 2 aromatic carbocycles. The summed E-state index contributed by atoms with van der Waals surface area (Å²) in [5.41, 5.74) is 1.01. The first-order chi connectivity index (χ1) is 21.3. The Labute approximate surface area is 251 Å². The van der Waals surface area contributed by atoms with Crippen LogP contribution in [0, 0.1) is 5.82 Å². The number of fused-ring (bicyclic) bond motifs is 1. The zero-order valence-corrected chi connectivity index (χ0v) is 22.9. The Morgan fingerprint density at radius 3 is 1.96 bits per heavy atom. The number of hydrogen-bond acceptors (Lipinski definition) is 14. The van der Waals surface area contributed by atoms with Crippen molar-refractivity contribution < 1.29 is 78.2 Å². The summed E-state index contributed by atoms with van der Waals surface area (Å²) in [5.74, 6) is -4.78. The Hall–Kier alpha value is -4.20. The van der Waals surface area contributed by atoms with Gasteiger partial charge >= 0.3 is 11.9 Å². The third-order valence-electron chi connectivity index (χ3n) is 7.20. The van der Waals surface area contributed by atoms with Crippen LogP contribution in [0.25, 0.3) is 22.6 Å². The average molecular weight is 638 g/mol. The molecule has 45 heavy (non-hydrogen) atoms. The molecule has 2 aliphatic rings. The van der Waals surface area contributed by atoms with Gasteiger partial charge in [-0.3, -0.25) is 0 Å². The van der Waals surface area contributed by atoms with Crippen LogP contribution in [0.15, 0.2) is 47.4 Å². The van der Waals surface area contributed by atoms with E-state index in [-0.39, 0.29) is 34.7 Å². The monoisotopic (exact) mass is 637 g/mol. The fraction of sp³-hybridized carbons (Fsp3) is 0.393. The van der Waals surface area contributed by atoms with Crippen LogP contribution in [0.1, 0.15) is 5.56 Å². The summed E-state index contributed by atoms with van der Waals surface area (Å²) in [6.07, 6.45) is -17.0. The van der Waals surface area contributed by atoms with E-state index in [9.17, 15) is 50.4 Å². The molecule has 5 rings (SSSR count). The van der Waals surface area contributed by atoms with Gasteiger partial charge in [-0.05, 0) is 30.7 Å². The van der Waals surface area contributed by atoms with Crippen molar-refractivity contribution in [3.05, 3.63) is 54.4 Å². The number of aromatic nitrogens is 1. The maximum atomic E-state index is 15.1. The number of rotatable bonds is 9. The predicted octanol–water partition coefficient (Wildman–Crippen LogP) is -1.10. The summed E-state index contributed by atoms with van der Waals surface area (Å²) < 4.78 is 42.0. The summed E-state index contributed by atoms with van der Waals surface area (Å²) in [4.78, 5) is 27.1. The zero-order valence-electron chi connectivity index (χ0n) is 22.9. The lowest BCUT2D eigenvalue weighted by Crippen LogP contribution is -2.61. The number of ether oxygens (including phenoxy) is 4. The molecule has 242 valence electrons. The molecule has 0 spiro atoms. The number of aliphatic carboxylic acids is 2. The van der Waals surface area contributed by atoms with Crippen molar-refractivity contribution in [1.82, 2.24) is 4.98 Å². The van der Waals surface area contributed by atoms with E-state index in [1.807, 2.05) is 0 Å². The number of oxazole rings is 1. The number of nitrogens with zero attached hydrogens (tertiary/aromatic N) is 1. The van der Waals surface area contributed by atoms with E-state index in [1.165, 1.54) is 24.3 Å². The van der Waals surface area contributed by atoms with Gasteiger partial charge in [-0.1, -0.05) is 6.08 Å². The van der Waals surface area contributed by atoms with Gasteiger partial charge < -0.3 is 64.2 Å². The molecule has 2 aliphatic heterocycles. The minimum atomic E-state index is -1.96. The Morgan fingerprint density at radius 2 is 1.42 bits per heavy atom. The minimum absolute atomic E-state index is 0.0175. The number of aliphatic hydroxyl groups is 6. The summed E-state index contributed by atoms with van der Waals surface area (Å²) in [7, 11) is 0. The van der Waals surface area contributed by atoms with Crippen molar-refractivity contribution in [1.29, 1.82) is 0 Å². The van der Waals surface area contributed by atoms with Gasteiger partial charge in [0.2, 0.25) is 18.5 Å². The molecule has 0 amide bonds. The Balaban J connectivity index is 1.40. The third-order valence-corrected chi connectivity index (χ3v) is 7.20. The number of carboxylic acid groups (broad SMARTS) is 2. The highest BCUT2D eigenvalue weighted by Crippen LogP contribution is 2.34. The standard InChI is InChI=1S/C28H28FNO15/c1-2-3-9-6-11(41-27-19(35)15(31)17(33)22(44-27)25(37)38)8-13-21(9)43-24(30-13)10-4-5-14(12(29)7-10)42-28-20(36)16(32)18(34)23(45-28)26(39)40/h2,4-8,15-20,22-23,27-28,31-36H,1,3H2,(H,37,38)(H,39,40)/t15-,16-,17-,18-,19+,20+,22-,23-,27+,28+/m0/s1. The van der Waals surface area contributed by atoms with E-state index in [0.717, 1.165) is 12.1 Å². The van der Waals surface area contributed by atoms with Gasteiger partial charge in [-0.25, -0.2) is 19.0 Å². The molecule has 8 N–H and O–H groups in total. The molecule has 3 heterocycles. The second-order valence-corrected chi connectivity index (χ2v) is 10.3.